The number of aromatic nitrogens is 1. The Morgan fingerprint density at radius 1 is 1.21 bits per heavy atom. The highest BCUT2D eigenvalue weighted by atomic mass is 32.1. The van der Waals surface area contributed by atoms with E-state index in [1.807, 2.05) is 40.4 Å². The van der Waals surface area contributed by atoms with Crippen molar-refractivity contribution in [2.24, 2.45) is 0 Å². The van der Waals surface area contributed by atoms with Gasteiger partial charge in [-0.2, -0.15) is 11.3 Å². The third-order valence-electron chi connectivity index (χ3n) is 3.38. The van der Waals surface area contributed by atoms with E-state index in [4.69, 9.17) is 9.47 Å². The minimum atomic E-state index is -0.0732. The van der Waals surface area contributed by atoms with E-state index >= 15 is 0 Å². The molecular weight excluding hydrogens is 344 g/mol. The van der Waals surface area contributed by atoms with Crippen LogP contribution in [0.1, 0.15) is 5.56 Å². The van der Waals surface area contributed by atoms with Crippen LogP contribution in [0.4, 0.5) is 5.13 Å². The summed E-state index contributed by atoms with van der Waals surface area (Å²) < 4.78 is 10.6. The number of nitrogens with zero attached hydrogens (tertiary/aromatic N) is 1. The lowest BCUT2D eigenvalue weighted by molar-refractivity contribution is -0.115. The van der Waals surface area contributed by atoms with Crippen LogP contribution in [-0.2, 0) is 11.2 Å². The molecule has 3 rings (SSSR count). The number of thiazole rings is 1. The molecule has 0 saturated carbocycles. The van der Waals surface area contributed by atoms with Gasteiger partial charge in [-0.15, -0.1) is 11.3 Å². The van der Waals surface area contributed by atoms with Crippen molar-refractivity contribution < 1.29 is 14.3 Å². The van der Waals surface area contributed by atoms with Crippen LogP contribution in [0, 0.1) is 0 Å². The SMILES string of the molecule is COc1ccc(-c2csc(NC(=O)Cc3ccsc3)n2)c(OC)c1. The van der Waals surface area contributed by atoms with Crippen LogP contribution in [0.2, 0.25) is 0 Å². The third-order valence-corrected chi connectivity index (χ3v) is 4.87. The summed E-state index contributed by atoms with van der Waals surface area (Å²) >= 11 is 2.97. The van der Waals surface area contributed by atoms with Gasteiger partial charge in [0.05, 0.1) is 26.3 Å². The Labute approximate surface area is 147 Å². The zero-order valence-corrected chi connectivity index (χ0v) is 14.9. The Kier molecular flexibility index (Phi) is 5.12. The predicted octanol–water partition coefficient (Wildman–Crippen LogP) is 4.07. The van der Waals surface area contributed by atoms with Crippen molar-refractivity contribution in [1.82, 2.24) is 4.98 Å². The summed E-state index contributed by atoms with van der Waals surface area (Å²) in [5.41, 5.74) is 2.62. The van der Waals surface area contributed by atoms with Crippen LogP contribution in [-0.4, -0.2) is 25.1 Å². The molecule has 1 N–H and O–H groups in total. The first-order valence-electron chi connectivity index (χ1n) is 7.18. The molecule has 5 nitrogen and oxygen atoms in total. The molecule has 0 unspecified atom stereocenters. The van der Waals surface area contributed by atoms with Gasteiger partial charge in [-0.3, -0.25) is 4.79 Å². The van der Waals surface area contributed by atoms with Gasteiger partial charge in [0, 0.05) is 17.0 Å². The summed E-state index contributed by atoms with van der Waals surface area (Å²) in [6.07, 6.45) is 0.351. The first-order chi connectivity index (χ1) is 11.7. The quantitative estimate of drug-likeness (QED) is 0.720. The lowest BCUT2D eigenvalue weighted by Gasteiger charge is -2.08. The molecule has 2 aromatic heterocycles. The smallest absolute Gasteiger partial charge is 0.230 e. The number of nitrogens with one attached hydrogen (secondary N) is 1. The van der Waals surface area contributed by atoms with Gasteiger partial charge in [0.25, 0.3) is 0 Å². The average Bonchev–Trinajstić information content (AvgIpc) is 3.26. The zero-order chi connectivity index (χ0) is 16.9. The summed E-state index contributed by atoms with van der Waals surface area (Å²) in [4.78, 5) is 16.5. The van der Waals surface area contributed by atoms with Gasteiger partial charge in [0.15, 0.2) is 5.13 Å². The second kappa shape index (κ2) is 7.46. The largest absolute Gasteiger partial charge is 0.497 e. The van der Waals surface area contributed by atoms with Gasteiger partial charge in [-0.25, -0.2) is 4.98 Å². The van der Waals surface area contributed by atoms with E-state index in [9.17, 15) is 4.79 Å². The molecule has 0 aliphatic heterocycles. The number of amides is 1. The summed E-state index contributed by atoms with van der Waals surface area (Å²) in [5.74, 6) is 1.32. The van der Waals surface area contributed by atoms with Gasteiger partial charge in [-0.1, -0.05) is 0 Å². The van der Waals surface area contributed by atoms with Crippen molar-refractivity contribution in [3.63, 3.8) is 0 Å². The van der Waals surface area contributed by atoms with E-state index in [1.165, 1.54) is 11.3 Å². The number of benzene rings is 1. The van der Waals surface area contributed by atoms with Gasteiger partial charge >= 0.3 is 0 Å². The fourth-order valence-corrected chi connectivity index (χ4v) is 3.60. The van der Waals surface area contributed by atoms with Gasteiger partial charge in [-0.05, 0) is 34.5 Å². The molecule has 0 saturated heterocycles. The molecule has 1 aromatic carbocycles. The molecule has 0 bridgehead atoms. The minimum absolute atomic E-state index is 0.0732. The number of hydrogen-bond acceptors (Lipinski definition) is 6. The highest BCUT2D eigenvalue weighted by Crippen LogP contribution is 2.34. The third kappa shape index (κ3) is 3.74. The second-order valence-corrected chi connectivity index (χ2v) is 6.60. The number of methoxy groups -OCH3 is 2. The molecule has 0 aliphatic carbocycles. The van der Waals surface area contributed by atoms with Crippen LogP contribution >= 0.6 is 22.7 Å². The van der Waals surface area contributed by atoms with Crippen molar-refractivity contribution >= 4 is 33.7 Å². The van der Waals surface area contributed by atoms with Crippen LogP contribution < -0.4 is 14.8 Å². The lowest BCUT2D eigenvalue weighted by atomic mass is 10.1. The number of anilines is 1. The molecule has 0 radical (unpaired) electrons. The minimum Gasteiger partial charge on any atom is -0.497 e. The summed E-state index contributed by atoms with van der Waals surface area (Å²) in [7, 11) is 3.21. The molecule has 124 valence electrons. The highest BCUT2D eigenvalue weighted by Gasteiger charge is 2.13. The van der Waals surface area contributed by atoms with Crippen molar-refractivity contribution in [2.45, 2.75) is 6.42 Å². The summed E-state index contributed by atoms with van der Waals surface area (Å²) in [5, 5.41) is 9.23. The Bertz CT molecular complexity index is 828. The number of carbonyl (C=O) groups excluding carboxylic acids is 1. The van der Waals surface area contributed by atoms with Crippen molar-refractivity contribution in [3.8, 4) is 22.8 Å². The van der Waals surface area contributed by atoms with Crippen LogP contribution in [0.25, 0.3) is 11.3 Å². The van der Waals surface area contributed by atoms with Gasteiger partial charge < -0.3 is 14.8 Å². The molecule has 3 aromatic rings. The van der Waals surface area contributed by atoms with Crippen molar-refractivity contribution in [2.75, 3.05) is 19.5 Å². The van der Waals surface area contributed by atoms with Crippen LogP contribution in [0.3, 0.4) is 0 Å². The first-order valence-corrected chi connectivity index (χ1v) is 9.00. The van der Waals surface area contributed by atoms with E-state index in [-0.39, 0.29) is 5.91 Å². The van der Waals surface area contributed by atoms with Gasteiger partial charge in [0.2, 0.25) is 5.91 Å². The fraction of sp³-hybridized carbons (Fsp3) is 0.176. The summed E-state index contributed by atoms with van der Waals surface area (Å²) in [6, 6.07) is 7.50. The molecule has 0 atom stereocenters. The van der Waals surface area contributed by atoms with Crippen LogP contribution in [0.15, 0.2) is 40.4 Å². The molecule has 0 aliphatic rings. The molecule has 0 fully saturated rings. The molecule has 1 amide bonds. The maximum Gasteiger partial charge on any atom is 0.230 e. The normalized spacial score (nSPS) is 10.4. The maximum absolute atomic E-state index is 12.1. The fourth-order valence-electron chi connectivity index (χ4n) is 2.21. The van der Waals surface area contributed by atoms with E-state index < -0.39 is 0 Å². The number of thiophene rings is 1. The number of carbonyl (C=O) groups is 1. The monoisotopic (exact) mass is 360 g/mol. The molecule has 7 heteroatoms. The van der Waals surface area contributed by atoms with E-state index in [2.05, 4.69) is 10.3 Å². The molecular formula is C17H16N2O3S2. The highest BCUT2D eigenvalue weighted by molar-refractivity contribution is 7.14. The molecule has 0 spiro atoms. The first kappa shape index (κ1) is 16.5. The molecule has 24 heavy (non-hydrogen) atoms. The van der Waals surface area contributed by atoms with Crippen molar-refractivity contribution in [3.05, 3.63) is 46.0 Å². The Balaban J connectivity index is 1.74. The zero-order valence-electron chi connectivity index (χ0n) is 13.2. The van der Waals surface area contributed by atoms with E-state index in [0.29, 0.717) is 17.3 Å². The van der Waals surface area contributed by atoms with E-state index in [0.717, 1.165) is 22.6 Å². The Morgan fingerprint density at radius 2 is 2.08 bits per heavy atom. The number of hydrogen-bond donors (Lipinski definition) is 1. The molecule has 2 heterocycles. The van der Waals surface area contributed by atoms with Gasteiger partial charge in [0.1, 0.15) is 11.5 Å². The Hall–Kier alpha value is -2.38. The lowest BCUT2D eigenvalue weighted by Crippen LogP contribution is -2.13. The standard InChI is InChI=1S/C17H16N2O3S2/c1-21-12-3-4-13(15(8-12)22-2)14-10-24-17(18-14)19-16(20)7-11-5-6-23-9-11/h3-6,8-10H,7H2,1-2H3,(H,18,19,20). The Morgan fingerprint density at radius 3 is 2.79 bits per heavy atom. The number of rotatable bonds is 6. The average molecular weight is 360 g/mol. The topological polar surface area (TPSA) is 60.5 Å². The second-order valence-electron chi connectivity index (χ2n) is 4.96. The van der Waals surface area contributed by atoms with Crippen LogP contribution in [0.5, 0.6) is 11.5 Å². The summed E-state index contributed by atoms with van der Waals surface area (Å²) in [6.45, 7) is 0. The van der Waals surface area contributed by atoms with E-state index in [1.54, 1.807) is 25.6 Å². The predicted molar refractivity (Wildman–Crippen MR) is 97.3 cm³/mol. The number of ether oxygens (including phenoxy) is 2. The van der Waals surface area contributed by atoms with Crippen molar-refractivity contribution in [1.29, 1.82) is 0 Å². The maximum atomic E-state index is 12.1.